The zero-order valence-corrected chi connectivity index (χ0v) is 13.2. The van der Waals surface area contributed by atoms with Crippen molar-refractivity contribution in [2.45, 2.75) is 47.5 Å². The van der Waals surface area contributed by atoms with Crippen LogP contribution in [0, 0.1) is 27.7 Å². The zero-order valence-electron chi connectivity index (χ0n) is 13.2. The van der Waals surface area contributed by atoms with Gasteiger partial charge in [-0.2, -0.15) is 0 Å². The fourth-order valence-electron chi connectivity index (χ4n) is 2.64. The molecule has 0 radical (unpaired) electrons. The lowest BCUT2D eigenvalue weighted by molar-refractivity contribution is 0.836. The van der Waals surface area contributed by atoms with E-state index in [4.69, 9.17) is 5.73 Å². The standard InChI is InChI=1S/C17H23N3/c1-9(2)15-13(6)19-17(20-16(15)18)14-8-11(4)10(3)7-12(14)5/h7-9H,1-6H3,(H2,18,19,20). The Morgan fingerprint density at radius 1 is 0.900 bits per heavy atom. The Hall–Kier alpha value is -1.90. The average molecular weight is 269 g/mol. The Kier molecular flexibility index (Phi) is 3.80. The third-order valence-corrected chi connectivity index (χ3v) is 3.82. The number of nitrogens with zero attached hydrogens (tertiary/aromatic N) is 2. The van der Waals surface area contributed by atoms with Gasteiger partial charge in [-0.3, -0.25) is 0 Å². The summed E-state index contributed by atoms with van der Waals surface area (Å²) >= 11 is 0. The van der Waals surface area contributed by atoms with Crippen LogP contribution in [0.15, 0.2) is 12.1 Å². The second kappa shape index (κ2) is 5.23. The molecule has 0 saturated carbocycles. The van der Waals surface area contributed by atoms with Crippen LogP contribution in [-0.2, 0) is 0 Å². The number of nitrogen functional groups attached to an aromatic ring is 1. The summed E-state index contributed by atoms with van der Waals surface area (Å²) in [4.78, 5) is 9.19. The van der Waals surface area contributed by atoms with Crippen LogP contribution in [0.2, 0.25) is 0 Å². The van der Waals surface area contributed by atoms with Gasteiger partial charge in [0, 0.05) is 16.8 Å². The molecule has 0 amide bonds. The number of anilines is 1. The number of aryl methyl sites for hydroxylation is 4. The summed E-state index contributed by atoms with van der Waals surface area (Å²) in [5.41, 5.74) is 12.9. The highest BCUT2D eigenvalue weighted by Crippen LogP contribution is 2.28. The van der Waals surface area contributed by atoms with Gasteiger partial charge < -0.3 is 5.73 Å². The van der Waals surface area contributed by atoms with E-state index in [1.165, 1.54) is 16.7 Å². The molecule has 2 N–H and O–H groups in total. The highest BCUT2D eigenvalue weighted by Gasteiger charge is 2.15. The minimum absolute atomic E-state index is 0.338. The minimum Gasteiger partial charge on any atom is -0.383 e. The van der Waals surface area contributed by atoms with Crippen LogP contribution >= 0.6 is 0 Å². The van der Waals surface area contributed by atoms with Gasteiger partial charge in [-0.05, 0) is 56.4 Å². The molecule has 1 aromatic heterocycles. The van der Waals surface area contributed by atoms with E-state index in [2.05, 4.69) is 56.7 Å². The molecule has 0 aliphatic heterocycles. The Bertz CT molecular complexity index is 635. The van der Waals surface area contributed by atoms with Crippen LogP contribution in [0.5, 0.6) is 0 Å². The van der Waals surface area contributed by atoms with Crippen molar-refractivity contribution >= 4 is 5.82 Å². The Labute approximate surface area is 121 Å². The molecule has 0 atom stereocenters. The number of rotatable bonds is 2. The lowest BCUT2D eigenvalue weighted by Crippen LogP contribution is -2.07. The first-order valence-corrected chi connectivity index (χ1v) is 7.03. The van der Waals surface area contributed by atoms with Crippen molar-refractivity contribution in [3.8, 4) is 11.4 Å². The molecule has 0 fully saturated rings. The van der Waals surface area contributed by atoms with Crippen LogP contribution in [0.25, 0.3) is 11.4 Å². The molecule has 2 rings (SSSR count). The predicted octanol–water partition coefficient (Wildman–Crippen LogP) is 4.08. The van der Waals surface area contributed by atoms with Gasteiger partial charge in [0.2, 0.25) is 0 Å². The molecule has 1 aromatic carbocycles. The maximum absolute atomic E-state index is 6.13. The monoisotopic (exact) mass is 269 g/mol. The minimum atomic E-state index is 0.338. The van der Waals surface area contributed by atoms with E-state index in [0.717, 1.165) is 22.6 Å². The lowest BCUT2D eigenvalue weighted by Gasteiger charge is -2.15. The lowest BCUT2D eigenvalue weighted by atomic mass is 9.99. The number of nitrogens with two attached hydrogens (primary N) is 1. The SMILES string of the molecule is Cc1cc(C)c(-c2nc(C)c(C(C)C)c(N)n2)cc1C. The molecule has 3 heteroatoms. The molecule has 106 valence electrons. The summed E-state index contributed by atoms with van der Waals surface area (Å²) in [6.07, 6.45) is 0. The maximum atomic E-state index is 6.13. The van der Waals surface area contributed by atoms with Gasteiger partial charge in [-0.25, -0.2) is 9.97 Å². The molecular formula is C17H23N3. The predicted molar refractivity (Wildman–Crippen MR) is 84.9 cm³/mol. The normalized spacial score (nSPS) is 11.2. The smallest absolute Gasteiger partial charge is 0.162 e. The van der Waals surface area contributed by atoms with Gasteiger partial charge in [-0.1, -0.05) is 19.9 Å². The fraction of sp³-hybridized carbons (Fsp3) is 0.412. The summed E-state index contributed by atoms with van der Waals surface area (Å²) in [7, 11) is 0. The molecule has 3 nitrogen and oxygen atoms in total. The third-order valence-electron chi connectivity index (χ3n) is 3.82. The molecular weight excluding hydrogens is 246 g/mol. The third kappa shape index (κ3) is 2.53. The molecule has 1 heterocycles. The maximum Gasteiger partial charge on any atom is 0.162 e. The van der Waals surface area contributed by atoms with Crippen molar-refractivity contribution in [2.24, 2.45) is 0 Å². The number of hydrogen-bond donors (Lipinski definition) is 1. The average Bonchev–Trinajstić information content (AvgIpc) is 2.32. The second-order valence-corrected chi connectivity index (χ2v) is 5.84. The van der Waals surface area contributed by atoms with Gasteiger partial charge >= 0.3 is 0 Å². The summed E-state index contributed by atoms with van der Waals surface area (Å²) in [6.45, 7) is 12.6. The molecule has 2 aromatic rings. The van der Waals surface area contributed by atoms with E-state index in [1.807, 2.05) is 6.92 Å². The number of benzene rings is 1. The van der Waals surface area contributed by atoms with Crippen molar-refractivity contribution < 1.29 is 0 Å². The summed E-state index contributed by atoms with van der Waals surface area (Å²) in [5.74, 6) is 1.66. The Balaban J connectivity index is 2.63. The van der Waals surface area contributed by atoms with E-state index < -0.39 is 0 Å². The molecule has 0 spiro atoms. The zero-order chi connectivity index (χ0) is 15.0. The second-order valence-electron chi connectivity index (χ2n) is 5.84. The van der Waals surface area contributed by atoms with Crippen LogP contribution < -0.4 is 5.73 Å². The van der Waals surface area contributed by atoms with Gasteiger partial charge in [0.1, 0.15) is 5.82 Å². The molecule has 0 aliphatic carbocycles. The molecule has 0 bridgehead atoms. The molecule has 20 heavy (non-hydrogen) atoms. The van der Waals surface area contributed by atoms with E-state index >= 15 is 0 Å². The Morgan fingerprint density at radius 2 is 1.50 bits per heavy atom. The van der Waals surface area contributed by atoms with Crippen molar-refractivity contribution in [3.63, 3.8) is 0 Å². The topological polar surface area (TPSA) is 51.8 Å². The largest absolute Gasteiger partial charge is 0.383 e. The van der Waals surface area contributed by atoms with Crippen molar-refractivity contribution in [2.75, 3.05) is 5.73 Å². The van der Waals surface area contributed by atoms with E-state index in [0.29, 0.717) is 11.7 Å². The molecule has 0 aliphatic rings. The van der Waals surface area contributed by atoms with Crippen molar-refractivity contribution in [3.05, 3.63) is 40.1 Å². The van der Waals surface area contributed by atoms with E-state index in [-0.39, 0.29) is 0 Å². The van der Waals surface area contributed by atoms with E-state index in [9.17, 15) is 0 Å². The van der Waals surface area contributed by atoms with Gasteiger partial charge in [0.25, 0.3) is 0 Å². The van der Waals surface area contributed by atoms with Gasteiger partial charge in [-0.15, -0.1) is 0 Å². The number of hydrogen-bond acceptors (Lipinski definition) is 3. The number of aromatic nitrogens is 2. The first-order chi connectivity index (χ1) is 9.31. The Morgan fingerprint density at radius 3 is 2.05 bits per heavy atom. The first-order valence-electron chi connectivity index (χ1n) is 7.03. The fourth-order valence-corrected chi connectivity index (χ4v) is 2.64. The first kappa shape index (κ1) is 14.5. The van der Waals surface area contributed by atoms with Crippen LogP contribution in [-0.4, -0.2) is 9.97 Å². The van der Waals surface area contributed by atoms with Crippen LogP contribution in [0.1, 0.15) is 47.7 Å². The highest BCUT2D eigenvalue weighted by atomic mass is 15.0. The van der Waals surface area contributed by atoms with Crippen LogP contribution in [0.4, 0.5) is 5.82 Å². The van der Waals surface area contributed by atoms with E-state index in [1.54, 1.807) is 0 Å². The van der Waals surface area contributed by atoms with Crippen molar-refractivity contribution in [1.29, 1.82) is 0 Å². The summed E-state index contributed by atoms with van der Waals surface area (Å²) in [6, 6.07) is 4.32. The van der Waals surface area contributed by atoms with Crippen molar-refractivity contribution in [1.82, 2.24) is 9.97 Å². The molecule has 0 saturated heterocycles. The summed E-state index contributed by atoms with van der Waals surface area (Å²) in [5, 5.41) is 0. The van der Waals surface area contributed by atoms with Gasteiger partial charge in [0.05, 0.1) is 0 Å². The molecule has 0 unspecified atom stereocenters. The summed E-state index contributed by atoms with van der Waals surface area (Å²) < 4.78 is 0. The highest BCUT2D eigenvalue weighted by molar-refractivity contribution is 5.64. The quantitative estimate of drug-likeness (QED) is 0.893. The van der Waals surface area contributed by atoms with Crippen LogP contribution in [0.3, 0.4) is 0 Å². The van der Waals surface area contributed by atoms with Gasteiger partial charge in [0.15, 0.2) is 5.82 Å².